The Morgan fingerprint density at radius 3 is 2.43 bits per heavy atom. The number of carbonyl (C=O) groups excluding carboxylic acids is 2. The van der Waals surface area contributed by atoms with E-state index in [0.29, 0.717) is 25.8 Å². The molecule has 0 unspecified atom stereocenters. The van der Waals surface area contributed by atoms with Crippen LogP contribution in [0.4, 0.5) is 0 Å². The predicted molar refractivity (Wildman–Crippen MR) is 73.1 cm³/mol. The van der Waals surface area contributed by atoms with Crippen LogP contribution in [-0.2, 0) is 19.5 Å². The van der Waals surface area contributed by atoms with Crippen LogP contribution in [-0.4, -0.2) is 28.9 Å². The summed E-state index contributed by atoms with van der Waals surface area (Å²) in [6.07, 6.45) is 3.45. The van der Waals surface area contributed by atoms with Crippen molar-refractivity contribution in [2.75, 3.05) is 6.54 Å². The first-order chi connectivity index (χ1) is 9.88. The minimum atomic E-state index is -1.93. The second-order valence-electron chi connectivity index (χ2n) is 4.77. The van der Waals surface area contributed by atoms with Gasteiger partial charge in [-0.3, -0.25) is 9.68 Å². The highest BCUT2D eigenvalue weighted by atomic mass is 17.3. The summed E-state index contributed by atoms with van der Waals surface area (Å²) in [6, 6.07) is 0. The van der Waals surface area contributed by atoms with E-state index in [-0.39, 0.29) is 12.8 Å². The molecule has 122 valence electrons. The molecule has 1 atom stereocenters. The number of ketones is 1. The first kappa shape index (κ1) is 19.3. The minimum absolute atomic E-state index is 0.00899. The van der Waals surface area contributed by atoms with Crippen LogP contribution in [0.1, 0.15) is 51.9 Å². The van der Waals surface area contributed by atoms with Gasteiger partial charge in [-0.1, -0.05) is 24.8 Å². The van der Waals surface area contributed by atoms with Gasteiger partial charge in [-0.05, 0) is 32.2 Å². The van der Waals surface area contributed by atoms with Crippen molar-refractivity contribution in [3.8, 4) is 0 Å². The second-order valence-corrected chi connectivity index (χ2v) is 4.77. The zero-order chi connectivity index (χ0) is 16.3. The molecule has 0 fully saturated rings. The van der Waals surface area contributed by atoms with E-state index in [1.807, 2.05) is 6.92 Å². The molecule has 0 aromatic carbocycles. The Kier molecular flexibility index (Phi) is 9.22. The molecule has 0 rings (SSSR count). The first-order valence-electron chi connectivity index (χ1n) is 6.94. The van der Waals surface area contributed by atoms with Gasteiger partial charge in [0, 0.05) is 6.42 Å². The van der Waals surface area contributed by atoms with Crippen molar-refractivity contribution in [3.05, 3.63) is 10.1 Å². The van der Waals surface area contributed by atoms with E-state index < -0.39 is 22.4 Å². The van der Waals surface area contributed by atoms with Crippen LogP contribution in [0.3, 0.4) is 0 Å². The number of rotatable bonds is 12. The smallest absolute Gasteiger partial charge is 0.330 e. The molecule has 0 aromatic rings. The zero-order valence-corrected chi connectivity index (χ0v) is 12.2. The lowest BCUT2D eigenvalue weighted by molar-refractivity contribution is -0.840. The van der Waals surface area contributed by atoms with E-state index in [2.05, 4.69) is 9.88 Å². The average Bonchev–Trinajstić information content (AvgIpc) is 2.44. The minimum Gasteiger partial charge on any atom is -0.330 e. The molecule has 4 N–H and O–H groups in total. The molecule has 0 aliphatic carbocycles. The van der Waals surface area contributed by atoms with Crippen LogP contribution >= 0.6 is 0 Å². The third-order valence-electron chi connectivity index (χ3n) is 3.07. The average molecular weight is 305 g/mol. The van der Waals surface area contributed by atoms with Crippen LogP contribution in [0.2, 0.25) is 0 Å². The topological polar surface area (TPSA) is 148 Å². The van der Waals surface area contributed by atoms with E-state index in [4.69, 9.17) is 11.5 Å². The van der Waals surface area contributed by atoms with E-state index in [0.717, 1.165) is 12.8 Å². The van der Waals surface area contributed by atoms with Gasteiger partial charge in [0.2, 0.25) is 0 Å². The van der Waals surface area contributed by atoms with Crippen molar-refractivity contribution in [1.29, 1.82) is 0 Å². The molecule has 0 spiro atoms. The summed E-state index contributed by atoms with van der Waals surface area (Å²) < 4.78 is 0. The Morgan fingerprint density at radius 1 is 1.24 bits per heavy atom. The summed E-state index contributed by atoms with van der Waals surface area (Å²) in [5.41, 5.74) is 9.25. The largest absolute Gasteiger partial charge is 0.370 e. The third-order valence-corrected chi connectivity index (χ3v) is 3.07. The number of nitrogens with zero attached hydrogens (tertiary/aromatic N) is 1. The Balaban J connectivity index is 4.76. The van der Waals surface area contributed by atoms with Crippen LogP contribution in [0, 0.1) is 10.1 Å². The van der Waals surface area contributed by atoms with Crippen molar-refractivity contribution < 1.29 is 24.6 Å². The monoisotopic (exact) mass is 305 g/mol. The SMILES string of the molecule is CCCCCC(=O)[C@](N)(CCCCN)C(=O)OO[N+](=O)[O-]. The van der Waals surface area contributed by atoms with E-state index in [1.54, 1.807) is 0 Å². The van der Waals surface area contributed by atoms with Gasteiger partial charge in [-0.25, -0.2) is 4.79 Å². The standard InChI is InChI=1S/C12H23N3O6/c1-2-3-4-7-10(16)12(14,8-5-6-9-13)11(17)20-21-15(18)19/h2-9,13-14H2,1H3/t12-/m1/s1. The Morgan fingerprint density at radius 2 is 1.90 bits per heavy atom. The molecule has 0 aromatic heterocycles. The molecule has 21 heavy (non-hydrogen) atoms. The van der Waals surface area contributed by atoms with Crippen LogP contribution in [0.15, 0.2) is 0 Å². The quantitative estimate of drug-likeness (QED) is 0.175. The highest BCUT2D eigenvalue weighted by Crippen LogP contribution is 2.19. The number of nitrogens with two attached hydrogens (primary N) is 2. The molecule has 0 bridgehead atoms. The third kappa shape index (κ3) is 7.00. The molecule has 0 aliphatic heterocycles. The van der Waals surface area contributed by atoms with Crippen LogP contribution in [0.5, 0.6) is 0 Å². The Labute approximate surface area is 123 Å². The molecule has 0 radical (unpaired) electrons. The number of Topliss-reactive ketones (excluding diaryl/α,β-unsaturated/α-hetero) is 1. The van der Waals surface area contributed by atoms with Crippen LogP contribution in [0.25, 0.3) is 0 Å². The first-order valence-corrected chi connectivity index (χ1v) is 6.94. The normalized spacial score (nSPS) is 13.3. The summed E-state index contributed by atoms with van der Waals surface area (Å²) in [4.78, 5) is 41.5. The van der Waals surface area contributed by atoms with E-state index in [1.165, 1.54) is 0 Å². The van der Waals surface area contributed by atoms with Gasteiger partial charge >= 0.3 is 11.1 Å². The van der Waals surface area contributed by atoms with Gasteiger partial charge in [-0.15, -0.1) is 10.1 Å². The van der Waals surface area contributed by atoms with Crippen molar-refractivity contribution in [2.45, 2.75) is 57.4 Å². The summed E-state index contributed by atoms with van der Waals surface area (Å²) in [5.74, 6) is -1.76. The summed E-state index contributed by atoms with van der Waals surface area (Å²) in [6.45, 7) is 2.36. The maximum atomic E-state index is 12.1. The van der Waals surface area contributed by atoms with Gasteiger partial charge in [0.05, 0.1) is 0 Å². The Bertz CT molecular complexity index is 363. The molecule has 9 nitrogen and oxygen atoms in total. The molecular weight excluding hydrogens is 282 g/mol. The molecule has 0 saturated heterocycles. The van der Waals surface area contributed by atoms with Crippen molar-refractivity contribution in [1.82, 2.24) is 0 Å². The molecule has 0 aliphatic rings. The number of unbranched alkanes of at least 4 members (excludes halogenated alkanes) is 3. The van der Waals surface area contributed by atoms with Crippen molar-refractivity contribution in [3.63, 3.8) is 0 Å². The Hall–Kier alpha value is -1.74. The molecule has 0 heterocycles. The number of hydrogen-bond acceptors (Lipinski definition) is 8. The van der Waals surface area contributed by atoms with Crippen molar-refractivity contribution >= 4 is 11.8 Å². The fraction of sp³-hybridized carbons (Fsp3) is 0.833. The summed E-state index contributed by atoms with van der Waals surface area (Å²) >= 11 is 0. The van der Waals surface area contributed by atoms with Gasteiger partial charge in [0.15, 0.2) is 11.3 Å². The van der Waals surface area contributed by atoms with Gasteiger partial charge < -0.3 is 11.5 Å². The van der Waals surface area contributed by atoms with Crippen molar-refractivity contribution in [2.24, 2.45) is 11.5 Å². The fourth-order valence-electron chi connectivity index (χ4n) is 1.80. The van der Waals surface area contributed by atoms with Crippen LogP contribution < -0.4 is 11.5 Å². The molecule has 0 saturated carbocycles. The zero-order valence-electron chi connectivity index (χ0n) is 12.2. The number of hydrogen-bond donors (Lipinski definition) is 2. The maximum absolute atomic E-state index is 12.1. The maximum Gasteiger partial charge on any atom is 0.370 e. The lowest BCUT2D eigenvalue weighted by Crippen LogP contribution is -2.55. The number of carbonyl (C=O) groups is 2. The van der Waals surface area contributed by atoms with E-state index in [9.17, 15) is 19.7 Å². The molecule has 0 amide bonds. The lowest BCUT2D eigenvalue weighted by Gasteiger charge is -2.24. The van der Waals surface area contributed by atoms with Gasteiger partial charge in [0.25, 0.3) is 0 Å². The van der Waals surface area contributed by atoms with E-state index >= 15 is 0 Å². The van der Waals surface area contributed by atoms with Gasteiger partial charge in [-0.2, -0.15) is 0 Å². The highest BCUT2D eigenvalue weighted by molar-refractivity contribution is 6.08. The predicted octanol–water partition coefficient (Wildman–Crippen LogP) is 0.629. The fourth-order valence-corrected chi connectivity index (χ4v) is 1.80. The summed E-state index contributed by atoms with van der Waals surface area (Å²) in [7, 11) is 0. The molecular formula is C12H23N3O6. The van der Waals surface area contributed by atoms with Gasteiger partial charge in [0.1, 0.15) is 0 Å². The molecule has 9 heteroatoms. The highest BCUT2D eigenvalue weighted by Gasteiger charge is 2.43. The second kappa shape index (κ2) is 10.1. The summed E-state index contributed by atoms with van der Waals surface area (Å²) in [5, 5.41) is 8.74. The lowest BCUT2D eigenvalue weighted by atomic mass is 9.86.